The molecule has 178 valence electrons. The van der Waals surface area contributed by atoms with E-state index in [2.05, 4.69) is 14.4 Å². The van der Waals surface area contributed by atoms with Crippen LogP contribution in [-0.4, -0.2) is 58.1 Å². The molecule has 0 aromatic heterocycles. The Labute approximate surface area is 192 Å². The van der Waals surface area contributed by atoms with Gasteiger partial charge in [-0.15, -0.1) is 4.40 Å². The lowest BCUT2D eigenvalue weighted by Gasteiger charge is -2.43. The van der Waals surface area contributed by atoms with Gasteiger partial charge in [-0.05, 0) is 49.8 Å². The number of amides is 1. The highest BCUT2D eigenvalue weighted by Crippen LogP contribution is 2.41. The third-order valence-electron chi connectivity index (χ3n) is 7.06. The molecule has 3 atom stereocenters. The molecule has 2 saturated carbocycles. The quantitative estimate of drug-likeness (QED) is 0.592. The minimum atomic E-state index is -4.25. The van der Waals surface area contributed by atoms with E-state index in [0.717, 1.165) is 38.4 Å². The van der Waals surface area contributed by atoms with Crippen molar-refractivity contribution in [2.75, 3.05) is 22.8 Å². The maximum Gasteiger partial charge on any atom is 0.286 e. The lowest BCUT2D eigenvalue weighted by molar-refractivity contribution is -0.150. The van der Waals surface area contributed by atoms with Crippen LogP contribution >= 0.6 is 0 Å². The SMILES string of the molecule is CS(=O)(=O)Nc1ccc2c(c1)S(=O)(=O)N=C(C1C(=O)C3CCCC3N(CC3CCC3)C1=O)N2. The number of benzene rings is 1. The molecule has 0 radical (unpaired) electrons. The van der Waals surface area contributed by atoms with Crippen molar-refractivity contribution in [3.05, 3.63) is 18.2 Å². The normalized spacial score (nSPS) is 28.9. The van der Waals surface area contributed by atoms with Gasteiger partial charge in [-0.1, -0.05) is 12.8 Å². The van der Waals surface area contributed by atoms with Gasteiger partial charge in [0.1, 0.15) is 10.7 Å². The molecule has 2 aliphatic carbocycles. The fourth-order valence-electron chi connectivity index (χ4n) is 5.32. The zero-order valence-electron chi connectivity index (χ0n) is 18.2. The summed E-state index contributed by atoms with van der Waals surface area (Å²) in [6, 6.07) is 3.86. The summed E-state index contributed by atoms with van der Waals surface area (Å²) in [6.45, 7) is 0.598. The van der Waals surface area contributed by atoms with Crippen molar-refractivity contribution in [2.45, 2.75) is 49.5 Å². The Bertz CT molecular complexity index is 1270. The van der Waals surface area contributed by atoms with E-state index in [1.54, 1.807) is 4.90 Å². The van der Waals surface area contributed by atoms with Crippen molar-refractivity contribution in [1.82, 2.24) is 4.90 Å². The first kappa shape index (κ1) is 22.3. The van der Waals surface area contributed by atoms with Gasteiger partial charge in [0.15, 0.2) is 11.7 Å². The molecule has 0 spiro atoms. The number of nitrogens with zero attached hydrogens (tertiary/aromatic N) is 2. The van der Waals surface area contributed by atoms with Crippen molar-refractivity contribution in [3.63, 3.8) is 0 Å². The number of carbonyl (C=O) groups excluding carboxylic acids is 2. The van der Waals surface area contributed by atoms with Gasteiger partial charge < -0.3 is 10.2 Å². The van der Waals surface area contributed by atoms with Crippen LogP contribution in [0, 0.1) is 17.8 Å². The van der Waals surface area contributed by atoms with Crippen LogP contribution < -0.4 is 10.0 Å². The molecular formula is C21H26N4O6S2. The summed E-state index contributed by atoms with van der Waals surface area (Å²) < 4.78 is 55.0. The predicted octanol–water partition coefficient (Wildman–Crippen LogP) is 1.57. The molecule has 4 aliphatic rings. The van der Waals surface area contributed by atoms with E-state index >= 15 is 0 Å². The lowest BCUT2D eigenvalue weighted by Crippen LogP contribution is -2.59. The second kappa shape index (κ2) is 7.79. The summed E-state index contributed by atoms with van der Waals surface area (Å²) in [6.07, 6.45) is 6.56. The topological polar surface area (TPSA) is 142 Å². The van der Waals surface area contributed by atoms with Gasteiger partial charge in [-0.2, -0.15) is 8.42 Å². The zero-order chi connectivity index (χ0) is 23.5. The van der Waals surface area contributed by atoms with Crippen LogP contribution in [0.1, 0.15) is 38.5 Å². The van der Waals surface area contributed by atoms with E-state index in [0.29, 0.717) is 18.9 Å². The number of Topliss-reactive ketones (excluding diaryl/α,β-unsaturated/α-hetero) is 1. The number of carbonyl (C=O) groups is 2. The number of likely N-dealkylation sites (tertiary alicyclic amines) is 1. The molecular weight excluding hydrogens is 468 g/mol. The van der Waals surface area contributed by atoms with E-state index in [1.165, 1.54) is 18.2 Å². The van der Waals surface area contributed by atoms with Gasteiger partial charge in [0.25, 0.3) is 10.0 Å². The number of piperidine rings is 1. The minimum Gasteiger partial charge on any atom is -0.341 e. The van der Waals surface area contributed by atoms with Crippen LogP contribution in [-0.2, 0) is 29.6 Å². The molecule has 3 fully saturated rings. The lowest BCUT2D eigenvalue weighted by atomic mass is 9.79. The van der Waals surface area contributed by atoms with Crippen molar-refractivity contribution >= 4 is 48.9 Å². The van der Waals surface area contributed by atoms with Gasteiger partial charge in [0.05, 0.1) is 11.9 Å². The molecule has 10 nitrogen and oxygen atoms in total. The van der Waals surface area contributed by atoms with Crippen molar-refractivity contribution in [1.29, 1.82) is 0 Å². The summed E-state index contributed by atoms with van der Waals surface area (Å²) >= 11 is 0. The molecule has 3 unspecified atom stereocenters. The minimum absolute atomic E-state index is 0.0746. The molecule has 2 heterocycles. The fraction of sp³-hybridized carbons (Fsp3) is 0.571. The number of anilines is 2. The number of nitrogens with one attached hydrogen (secondary N) is 2. The smallest absolute Gasteiger partial charge is 0.286 e. The second-order valence-corrected chi connectivity index (χ2v) is 12.7. The first-order valence-electron chi connectivity index (χ1n) is 11.1. The van der Waals surface area contributed by atoms with E-state index in [4.69, 9.17) is 0 Å². The van der Waals surface area contributed by atoms with Crippen LogP contribution in [0.15, 0.2) is 27.5 Å². The maximum absolute atomic E-state index is 13.5. The van der Waals surface area contributed by atoms with Crippen LogP contribution in [0.3, 0.4) is 0 Å². The highest BCUT2D eigenvalue weighted by molar-refractivity contribution is 7.92. The number of hydrogen-bond acceptors (Lipinski definition) is 7. The number of ketones is 1. The van der Waals surface area contributed by atoms with Crippen LogP contribution in [0.2, 0.25) is 0 Å². The average molecular weight is 495 g/mol. The standard InChI is InChI=1S/C21H26N4O6S2/c1-32(28,29)23-13-8-9-15-17(10-13)33(30,31)24-20(22-15)18-19(26)14-6-3-7-16(14)25(21(18)27)11-12-4-2-5-12/h8-10,12,14,16,18,23H,2-7,11H2,1H3,(H,22,24). The zero-order valence-corrected chi connectivity index (χ0v) is 19.8. The molecule has 1 aromatic rings. The first-order valence-corrected chi connectivity index (χ1v) is 14.4. The Kier molecular flexibility index (Phi) is 5.27. The van der Waals surface area contributed by atoms with E-state index < -0.39 is 26.0 Å². The van der Waals surface area contributed by atoms with Gasteiger partial charge >= 0.3 is 0 Å². The Morgan fingerprint density at radius 3 is 2.55 bits per heavy atom. The molecule has 5 rings (SSSR count). The summed E-state index contributed by atoms with van der Waals surface area (Å²) in [4.78, 5) is 28.4. The number of hydrogen-bond donors (Lipinski definition) is 2. The van der Waals surface area contributed by atoms with E-state index in [1.807, 2.05) is 0 Å². The van der Waals surface area contributed by atoms with Crippen molar-refractivity contribution in [3.8, 4) is 0 Å². The molecule has 1 saturated heterocycles. The third kappa shape index (κ3) is 4.03. The predicted molar refractivity (Wildman–Crippen MR) is 122 cm³/mol. The second-order valence-electron chi connectivity index (χ2n) is 9.39. The number of rotatable bonds is 5. The molecule has 12 heteroatoms. The largest absolute Gasteiger partial charge is 0.341 e. The first-order chi connectivity index (χ1) is 15.5. The van der Waals surface area contributed by atoms with Crippen molar-refractivity contribution in [2.24, 2.45) is 22.2 Å². The monoisotopic (exact) mass is 494 g/mol. The summed E-state index contributed by atoms with van der Waals surface area (Å²) in [5.74, 6) is -1.98. The summed E-state index contributed by atoms with van der Waals surface area (Å²) in [5, 5.41) is 2.88. The summed E-state index contributed by atoms with van der Waals surface area (Å²) in [5.41, 5.74) is 0.226. The Morgan fingerprint density at radius 1 is 1.15 bits per heavy atom. The number of sulfonamides is 2. The van der Waals surface area contributed by atoms with Crippen LogP contribution in [0.25, 0.3) is 0 Å². The van der Waals surface area contributed by atoms with E-state index in [9.17, 15) is 26.4 Å². The maximum atomic E-state index is 13.5. The van der Waals surface area contributed by atoms with Gasteiger partial charge in [0, 0.05) is 24.2 Å². The molecule has 1 aromatic carbocycles. The van der Waals surface area contributed by atoms with Crippen molar-refractivity contribution < 1.29 is 26.4 Å². The van der Waals surface area contributed by atoms with Gasteiger partial charge in [-0.25, -0.2) is 8.42 Å². The summed E-state index contributed by atoms with van der Waals surface area (Å²) in [7, 11) is -7.86. The fourth-order valence-corrected chi connectivity index (χ4v) is 7.06. The molecule has 2 aliphatic heterocycles. The molecule has 0 bridgehead atoms. The number of amidine groups is 1. The van der Waals surface area contributed by atoms with Gasteiger partial charge in [-0.3, -0.25) is 14.3 Å². The Hall–Kier alpha value is -2.47. The molecule has 33 heavy (non-hydrogen) atoms. The Balaban J connectivity index is 1.49. The molecule has 1 amide bonds. The Morgan fingerprint density at radius 2 is 1.88 bits per heavy atom. The van der Waals surface area contributed by atoms with Crippen LogP contribution in [0.5, 0.6) is 0 Å². The van der Waals surface area contributed by atoms with Gasteiger partial charge in [0.2, 0.25) is 15.9 Å². The molecule has 2 N–H and O–H groups in total. The highest BCUT2D eigenvalue weighted by Gasteiger charge is 2.52. The average Bonchev–Trinajstić information content (AvgIpc) is 3.15. The highest BCUT2D eigenvalue weighted by atomic mass is 32.2. The number of fused-ring (bicyclic) bond motifs is 2. The van der Waals surface area contributed by atoms with E-state index in [-0.39, 0.29) is 45.8 Å². The van der Waals surface area contributed by atoms with Crippen LogP contribution in [0.4, 0.5) is 11.4 Å². The third-order valence-corrected chi connectivity index (χ3v) is 8.99.